The number of aliphatic hydroxyl groups is 1. The molecular weight excluding hydrogens is 543 g/mol. The van der Waals surface area contributed by atoms with Gasteiger partial charge < -0.3 is 15.3 Å². The van der Waals surface area contributed by atoms with Crippen LogP contribution in [0, 0.1) is 11.8 Å². The Hall–Kier alpha value is -2.61. The van der Waals surface area contributed by atoms with Crippen LogP contribution in [0.4, 0.5) is 5.69 Å². The van der Waals surface area contributed by atoms with E-state index in [9.17, 15) is 9.90 Å². The number of carbonyl (C=O) groups excluding carboxylic acids is 1. The van der Waals surface area contributed by atoms with Gasteiger partial charge >= 0.3 is 0 Å². The molecule has 1 saturated heterocycles. The van der Waals surface area contributed by atoms with E-state index in [4.69, 9.17) is 23.2 Å². The highest BCUT2D eigenvalue weighted by Crippen LogP contribution is 2.41. The van der Waals surface area contributed by atoms with Gasteiger partial charge in [-0.15, -0.1) is 5.10 Å². The molecule has 2 N–H and O–H groups in total. The van der Waals surface area contributed by atoms with E-state index in [1.54, 1.807) is 16.8 Å². The number of tetrazole rings is 1. The second kappa shape index (κ2) is 12.5. The van der Waals surface area contributed by atoms with Crippen LogP contribution < -0.4 is 5.32 Å². The molecule has 0 radical (unpaired) electrons. The third kappa shape index (κ3) is 7.07. The number of rotatable bonds is 8. The Morgan fingerprint density at radius 1 is 1.11 bits per heavy atom. The van der Waals surface area contributed by atoms with Gasteiger partial charge in [0, 0.05) is 31.6 Å². The minimum absolute atomic E-state index is 0.101. The lowest BCUT2D eigenvalue weighted by Crippen LogP contribution is -2.36. The lowest BCUT2D eigenvalue weighted by molar-refractivity contribution is -0.113. The molecule has 0 bridgehead atoms. The van der Waals surface area contributed by atoms with Gasteiger partial charge in [-0.25, -0.2) is 0 Å². The van der Waals surface area contributed by atoms with E-state index < -0.39 is 0 Å². The van der Waals surface area contributed by atoms with Crippen LogP contribution in [0.2, 0.25) is 10.0 Å². The van der Waals surface area contributed by atoms with Crippen molar-refractivity contribution in [2.24, 2.45) is 0 Å². The van der Waals surface area contributed by atoms with Gasteiger partial charge in [-0.05, 0) is 77.9 Å². The van der Waals surface area contributed by atoms with Crippen molar-refractivity contribution in [1.82, 2.24) is 25.1 Å². The Balaban J connectivity index is 1.12. The first-order valence-electron chi connectivity index (χ1n) is 12.7. The van der Waals surface area contributed by atoms with Gasteiger partial charge in [0.05, 0.1) is 33.3 Å². The molecule has 1 aliphatic carbocycles. The standard InChI is InChI=1S/C27H28Cl2N6O2S/c28-22-15-18(3-1-2-12-34-13-10-21(36)11-14-34)4-8-24(22)30-26(37)17-38-27-31-32-33-35(27)25-9-7-20(16-23(25)29)19-5-6-19/h4,7-9,15-16,19,21,36H,2,5-6,10-14,17H2,(H,30,37). The molecule has 38 heavy (non-hydrogen) atoms. The zero-order valence-electron chi connectivity index (χ0n) is 20.7. The summed E-state index contributed by atoms with van der Waals surface area (Å²) in [6, 6.07) is 11.3. The Morgan fingerprint density at radius 2 is 1.92 bits per heavy atom. The van der Waals surface area contributed by atoms with Crippen LogP contribution in [0.3, 0.4) is 0 Å². The summed E-state index contributed by atoms with van der Waals surface area (Å²) in [5.41, 5.74) is 3.22. The van der Waals surface area contributed by atoms with Crippen molar-refractivity contribution >= 4 is 46.6 Å². The Labute approximate surface area is 236 Å². The molecule has 8 nitrogen and oxygen atoms in total. The van der Waals surface area contributed by atoms with Crippen molar-refractivity contribution in [2.75, 3.05) is 30.7 Å². The first kappa shape index (κ1) is 27.0. The van der Waals surface area contributed by atoms with E-state index in [2.05, 4.69) is 43.6 Å². The van der Waals surface area contributed by atoms with Gasteiger partial charge in [-0.2, -0.15) is 4.68 Å². The van der Waals surface area contributed by atoms with Crippen molar-refractivity contribution < 1.29 is 9.90 Å². The molecule has 2 aromatic carbocycles. The zero-order chi connectivity index (χ0) is 26.5. The summed E-state index contributed by atoms with van der Waals surface area (Å²) in [4.78, 5) is 14.9. The number of nitrogens with one attached hydrogen (secondary N) is 1. The van der Waals surface area contributed by atoms with E-state index >= 15 is 0 Å². The fraction of sp³-hybridized carbons (Fsp3) is 0.407. The Kier molecular flexibility index (Phi) is 8.87. The van der Waals surface area contributed by atoms with Gasteiger partial charge in [-0.1, -0.05) is 52.9 Å². The lowest BCUT2D eigenvalue weighted by Gasteiger charge is -2.28. The number of likely N-dealkylation sites (tertiary alicyclic amines) is 1. The van der Waals surface area contributed by atoms with Gasteiger partial charge in [0.15, 0.2) is 0 Å². The third-order valence-corrected chi connectivity index (χ3v) is 8.14. The van der Waals surface area contributed by atoms with Crippen LogP contribution in [-0.2, 0) is 4.79 Å². The zero-order valence-corrected chi connectivity index (χ0v) is 23.1. The molecule has 0 spiro atoms. The summed E-state index contributed by atoms with van der Waals surface area (Å²) in [6.45, 7) is 2.72. The smallest absolute Gasteiger partial charge is 0.234 e. The maximum Gasteiger partial charge on any atom is 0.234 e. The maximum atomic E-state index is 12.6. The summed E-state index contributed by atoms with van der Waals surface area (Å²) in [5, 5.41) is 25.8. The van der Waals surface area contributed by atoms with Crippen molar-refractivity contribution in [3.8, 4) is 17.5 Å². The highest BCUT2D eigenvalue weighted by atomic mass is 35.5. The van der Waals surface area contributed by atoms with E-state index in [-0.39, 0.29) is 17.8 Å². The van der Waals surface area contributed by atoms with Crippen LogP contribution in [0.1, 0.15) is 49.1 Å². The summed E-state index contributed by atoms with van der Waals surface area (Å²) >= 11 is 14.1. The quantitative estimate of drug-likeness (QED) is 0.297. The molecule has 0 unspecified atom stereocenters. The molecule has 2 aliphatic rings. The molecule has 1 aromatic heterocycles. The molecule has 1 saturated carbocycles. The lowest BCUT2D eigenvalue weighted by atomic mass is 10.1. The van der Waals surface area contributed by atoms with E-state index in [1.807, 2.05) is 18.2 Å². The van der Waals surface area contributed by atoms with Crippen LogP contribution >= 0.6 is 35.0 Å². The number of hydrogen-bond acceptors (Lipinski definition) is 7. The fourth-order valence-corrected chi connectivity index (χ4v) is 5.50. The minimum atomic E-state index is -0.230. The maximum absolute atomic E-state index is 12.6. The molecule has 1 aliphatic heterocycles. The van der Waals surface area contributed by atoms with Gasteiger partial charge in [0.2, 0.25) is 11.1 Å². The third-order valence-electron chi connectivity index (χ3n) is 6.61. The van der Waals surface area contributed by atoms with E-state index in [0.717, 1.165) is 44.5 Å². The Bertz CT molecular complexity index is 1360. The molecule has 2 fully saturated rings. The summed E-state index contributed by atoms with van der Waals surface area (Å²) in [5.74, 6) is 6.79. The predicted octanol–water partition coefficient (Wildman–Crippen LogP) is 4.78. The summed E-state index contributed by atoms with van der Waals surface area (Å²) < 4.78 is 1.55. The second-order valence-electron chi connectivity index (χ2n) is 9.51. The molecule has 0 atom stereocenters. The average molecular weight is 572 g/mol. The average Bonchev–Trinajstić information content (AvgIpc) is 3.66. The second-order valence-corrected chi connectivity index (χ2v) is 11.3. The first-order valence-corrected chi connectivity index (χ1v) is 14.4. The largest absolute Gasteiger partial charge is 0.393 e. The number of benzene rings is 2. The van der Waals surface area contributed by atoms with Crippen molar-refractivity contribution in [1.29, 1.82) is 0 Å². The minimum Gasteiger partial charge on any atom is -0.393 e. The number of amides is 1. The fourth-order valence-electron chi connectivity index (χ4n) is 4.32. The normalized spacial score (nSPS) is 16.2. The van der Waals surface area contributed by atoms with Gasteiger partial charge in [-0.3, -0.25) is 4.79 Å². The number of carbonyl (C=O) groups is 1. The van der Waals surface area contributed by atoms with Crippen LogP contribution in [0.25, 0.3) is 5.69 Å². The molecule has 198 valence electrons. The monoisotopic (exact) mass is 570 g/mol. The molecular formula is C27H28Cl2N6O2S. The number of aliphatic hydroxyl groups excluding tert-OH is 1. The number of hydrogen-bond donors (Lipinski definition) is 2. The van der Waals surface area contributed by atoms with Crippen LogP contribution in [-0.4, -0.2) is 67.6 Å². The predicted molar refractivity (Wildman–Crippen MR) is 150 cm³/mol. The number of halogens is 2. The first-order chi connectivity index (χ1) is 18.5. The van der Waals surface area contributed by atoms with Crippen molar-refractivity contribution in [2.45, 2.75) is 49.3 Å². The van der Waals surface area contributed by atoms with Gasteiger partial charge in [0.1, 0.15) is 0 Å². The Morgan fingerprint density at radius 3 is 2.66 bits per heavy atom. The topological polar surface area (TPSA) is 96.2 Å². The highest BCUT2D eigenvalue weighted by Gasteiger charge is 2.24. The van der Waals surface area contributed by atoms with Crippen molar-refractivity contribution in [3.63, 3.8) is 0 Å². The SMILES string of the molecule is O=C(CSc1nnnn1-c1ccc(C2CC2)cc1Cl)Nc1ccc(C#CCCN2CCC(O)CC2)cc1Cl. The molecule has 11 heteroatoms. The van der Waals surface area contributed by atoms with Crippen molar-refractivity contribution in [3.05, 3.63) is 57.6 Å². The van der Waals surface area contributed by atoms with Crippen LogP contribution in [0.5, 0.6) is 0 Å². The summed E-state index contributed by atoms with van der Waals surface area (Å²) in [6.07, 6.45) is 4.63. The molecule has 3 aromatic rings. The number of nitrogens with zero attached hydrogens (tertiary/aromatic N) is 5. The molecule has 2 heterocycles. The number of anilines is 1. The van der Waals surface area contributed by atoms with Gasteiger partial charge in [0.25, 0.3) is 0 Å². The number of piperidine rings is 1. The number of aromatic nitrogens is 4. The highest BCUT2D eigenvalue weighted by molar-refractivity contribution is 7.99. The number of thioether (sulfide) groups is 1. The summed E-state index contributed by atoms with van der Waals surface area (Å²) in [7, 11) is 0. The molecule has 1 amide bonds. The molecule has 5 rings (SSSR count). The van der Waals surface area contributed by atoms with E-state index in [0.29, 0.717) is 32.5 Å². The van der Waals surface area contributed by atoms with E-state index in [1.165, 1.54) is 30.2 Å². The van der Waals surface area contributed by atoms with Crippen LogP contribution in [0.15, 0.2) is 41.6 Å².